The van der Waals surface area contributed by atoms with Crippen molar-refractivity contribution in [2.75, 3.05) is 32.8 Å². The number of amides is 1. The van der Waals surface area contributed by atoms with Crippen LogP contribution in [0.2, 0.25) is 0 Å². The third kappa shape index (κ3) is 2.51. The van der Waals surface area contributed by atoms with Gasteiger partial charge in [-0.15, -0.1) is 0 Å². The number of nitrogens with zero attached hydrogens (tertiary/aromatic N) is 2. The molecule has 5 heteroatoms. The molecule has 3 fully saturated rings. The molecule has 1 unspecified atom stereocenters. The summed E-state index contributed by atoms with van der Waals surface area (Å²) in [6, 6.07) is 2.48. The van der Waals surface area contributed by atoms with Crippen molar-refractivity contribution in [3.05, 3.63) is 22.4 Å². The van der Waals surface area contributed by atoms with Gasteiger partial charge in [-0.25, -0.2) is 0 Å². The molecule has 1 spiro atoms. The second-order valence-corrected chi connectivity index (χ2v) is 7.40. The molecule has 0 aromatic carbocycles. The first-order chi connectivity index (χ1) is 10.3. The van der Waals surface area contributed by atoms with Crippen LogP contribution in [0, 0.1) is 0 Å². The highest BCUT2D eigenvalue weighted by molar-refractivity contribution is 7.08. The molecular formula is C16H22N2O2S. The van der Waals surface area contributed by atoms with E-state index in [0.29, 0.717) is 6.04 Å². The molecule has 0 N–H and O–H groups in total. The van der Waals surface area contributed by atoms with Gasteiger partial charge in [-0.3, -0.25) is 9.69 Å². The molecule has 21 heavy (non-hydrogen) atoms. The number of carbonyl (C=O) groups is 1. The molecule has 3 aliphatic rings. The van der Waals surface area contributed by atoms with E-state index in [9.17, 15) is 4.79 Å². The van der Waals surface area contributed by atoms with Gasteiger partial charge in [0, 0.05) is 11.4 Å². The molecule has 3 saturated heterocycles. The predicted molar refractivity (Wildman–Crippen MR) is 82.7 cm³/mol. The molecule has 4 rings (SSSR count). The van der Waals surface area contributed by atoms with Crippen LogP contribution in [0.15, 0.2) is 16.8 Å². The highest BCUT2D eigenvalue weighted by Gasteiger charge is 2.52. The largest absolute Gasteiger partial charge is 0.370 e. The second kappa shape index (κ2) is 5.38. The van der Waals surface area contributed by atoms with Gasteiger partial charge in [0.1, 0.15) is 5.60 Å². The summed E-state index contributed by atoms with van der Waals surface area (Å²) >= 11 is 1.58. The Hall–Kier alpha value is -0.910. The first kappa shape index (κ1) is 13.7. The molecule has 4 nitrogen and oxygen atoms in total. The Labute approximate surface area is 129 Å². The van der Waals surface area contributed by atoms with Crippen LogP contribution in [0.1, 0.15) is 36.0 Å². The quantitative estimate of drug-likeness (QED) is 0.840. The van der Waals surface area contributed by atoms with E-state index in [1.165, 1.54) is 32.4 Å². The van der Waals surface area contributed by atoms with Crippen LogP contribution in [0.3, 0.4) is 0 Å². The third-order valence-corrected chi connectivity index (χ3v) is 5.79. The van der Waals surface area contributed by atoms with E-state index in [1.54, 1.807) is 11.3 Å². The minimum Gasteiger partial charge on any atom is -0.370 e. The van der Waals surface area contributed by atoms with Crippen molar-refractivity contribution < 1.29 is 9.53 Å². The van der Waals surface area contributed by atoms with Gasteiger partial charge in [0.05, 0.1) is 25.3 Å². The zero-order valence-corrected chi connectivity index (χ0v) is 13.1. The summed E-state index contributed by atoms with van der Waals surface area (Å²) in [5, 5.41) is 3.89. The normalized spacial score (nSPS) is 28.8. The lowest BCUT2D eigenvalue weighted by molar-refractivity contribution is -0.0950. The average Bonchev–Trinajstić information content (AvgIpc) is 3.15. The van der Waals surface area contributed by atoms with E-state index in [2.05, 4.69) is 4.90 Å². The molecule has 0 saturated carbocycles. The molecule has 114 valence electrons. The lowest BCUT2D eigenvalue weighted by Gasteiger charge is -2.47. The second-order valence-electron chi connectivity index (χ2n) is 6.62. The Balaban J connectivity index is 1.33. The fourth-order valence-electron chi connectivity index (χ4n) is 3.92. The van der Waals surface area contributed by atoms with Crippen LogP contribution in [-0.4, -0.2) is 60.1 Å². The number of likely N-dealkylation sites (tertiary alicyclic amines) is 2. The lowest BCUT2D eigenvalue weighted by Crippen LogP contribution is -2.63. The van der Waals surface area contributed by atoms with E-state index in [1.807, 2.05) is 21.7 Å². The fourth-order valence-corrected chi connectivity index (χ4v) is 4.55. The molecule has 4 heterocycles. The summed E-state index contributed by atoms with van der Waals surface area (Å²) in [4.78, 5) is 16.8. The number of piperidine rings is 1. The van der Waals surface area contributed by atoms with Gasteiger partial charge >= 0.3 is 0 Å². The number of carbonyl (C=O) groups excluding carboxylic acids is 1. The smallest absolute Gasteiger partial charge is 0.254 e. The maximum atomic E-state index is 12.3. The SMILES string of the molecule is O=C(c1ccsc1)N1CC2(CC(N3CCCCC3)CO2)C1. The molecule has 0 bridgehead atoms. The maximum Gasteiger partial charge on any atom is 0.254 e. The summed E-state index contributed by atoms with van der Waals surface area (Å²) in [7, 11) is 0. The maximum absolute atomic E-state index is 12.3. The molecule has 1 aromatic rings. The minimum atomic E-state index is -0.0478. The zero-order chi connectivity index (χ0) is 14.3. The topological polar surface area (TPSA) is 32.8 Å². The van der Waals surface area contributed by atoms with E-state index >= 15 is 0 Å². The first-order valence-corrected chi connectivity index (χ1v) is 8.90. The van der Waals surface area contributed by atoms with Crippen molar-refractivity contribution in [1.29, 1.82) is 0 Å². The Kier molecular flexibility index (Phi) is 3.52. The highest BCUT2D eigenvalue weighted by Crippen LogP contribution is 2.38. The molecule has 0 radical (unpaired) electrons. The van der Waals surface area contributed by atoms with Gasteiger partial charge in [-0.2, -0.15) is 11.3 Å². The van der Waals surface area contributed by atoms with Crippen LogP contribution in [-0.2, 0) is 4.74 Å². The van der Waals surface area contributed by atoms with E-state index in [-0.39, 0.29) is 11.5 Å². The van der Waals surface area contributed by atoms with Gasteiger partial charge < -0.3 is 9.64 Å². The van der Waals surface area contributed by atoms with Gasteiger partial charge in [-0.1, -0.05) is 6.42 Å². The Bertz CT molecular complexity index is 504. The Morgan fingerprint density at radius 3 is 2.81 bits per heavy atom. The van der Waals surface area contributed by atoms with Crippen LogP contribution < -0.4 is 0 Å². The molecule has 1 amide bonds. The zero-order valence-electron chi connectivity index (χ0n) is 12.3. The van der Waals surface area contributed by atoms with E-state index < -0.39 is 0 Å². The minimum absolute atomic E-state index is 0.0478. The third-order valence-electron chi connectivity index (χ3n) is 5.11. The van der Waals surface area contributed by atoms with Crippen molar-refractivity contribution in [3.8, 4) is 0 Å². The van der Waals surface area contributed by atoms with Crippen molar-refractivity contribution in [3.63, 3.8) is 0 Å². The monoisotopic (exact) mass is 306 g/mol. The molecular weight excluding hydrogens is 284 g/mol. The molecule has 1 aromatic heterocycles. The van der Waals surface area contributed by atoms with Crippen LogP contribution >= 0.6 is 11.3 Å². The molecule has 1 atom stereocenters. The number of rotatable bonds is 2. The molecule has 0 aliphatic carbocycles. The van der Waals surface area contributed by atoms with Crippen molar-refractivity contribution >= 4 is 17.2 Å². The summed E-state index contributed by atoms with van der Waals surface area (Å²) in [6.45, 7) is 4.84. The lowest BCUT2D eigenvalue weighted by atomic mass is 9.88. The molecule has 3 aliphatic heterocycles. The first-order valence-electron chi connectivity index (χ1n) is 7.95. The van der Waals surface area contributed by atoms with Crippen molar-refractivity contribution in [2.45, 2.75) is 37.3 Å². The number of hydrogen-bond acceptors (Lipinski definition) is 4. The highest BCUT2D eigenvalue weighted by atomic mass is 32.1. The standard InChI is InChI=1S/C16H22N2O2S/c19-15(13-4-7-21-10-13)18-11-16(12-18)8-14(9-20-16)17-5-2-1-3-6-17/h4,7,10,14H,1-3,5-6,8-9,11-12H2. The number of thiophene rings is 1. The van der Waals surface area contributed by atoms with Gasteiger partial charge in [-0.05, 0) is 43.8 Å². The van der Waals surface area contributed by atoms with Crippen LogP contribution in [0.5, 0.6) is 0 Å². The van der Waals surface area contributed by atoms with Gasteiger partial charge in [0.25, 0.3) is 5.91 Å². The Morgan fingerprint density at radius 2 is 2.10 bits per heavy atom. The summed E-state index contributed by atoms with van der Waals surface area (Å²) in [6.07, 6.45) is 5.12. The average molecular weight is 306 g/mol. The summed E-state index contributed by atoms with van der Waals surface area (Å²) in [5.74, 6) is 0.159. The van der Waals surface area contributed by atoms with E-state index in [0.717, 1.165) is 31.7 Å². The van der Waals surface area contributed by atoms with E-state index in [4.69, 9.17) is 4.74 Å². The number of ether oxygens (including phenoxy) is 1. The van der Waals surface area contributed by atoms with Gasteiger partial charge in [0.2, 0.25) is 0 Å². The number of hydrogen-bond donors (Lipinski definition) is 0. The Morgan fingerprint density at radius 1 is 1.29 bits per heavy atom. The fraction of sp³-hybridized carbons (Fsp3) is 0.688. The van der Waals surface area contributed by atoms with Crippen LogP contribution in [0.4, 0.5) is 0 Å². The van der Waals surface area contributed by atoms with Gasteiger partial charge in [0.15, 0.2) is 0 Å². The predicted octanol–water partition coefficient (Wildman–Crippen LogP) is 2.22. The summed E-state index contributed by atoms with van der Waals surface area (Å²) < 4.78 is 6.11. The van der Waals surface area contributed by atoms with Crippen molar-refractivity contribution in [2.24, 2.45) is 0 Å². The summed E-state index contributed by atoms with van der Waals surface area (Å²) in [5.41, 5.74) is 0.772. The van der Waals surface area contributed by atoms with Crippen LogP contribution in [0.25, 0.3) is 0 Å². The van der Waals surface area contributed by atoms with Crippen molar-refractivity contribution in [1.82, 2.24) is 9.80 Å².